The summed E-state index contributed by atoms with van der Waals surface area (Å²) in [6.45, 7) is 0.871. The Morgan fingerprint density at radius 3 is 2.06 bits per heavy atom. The Hall–Kier alpha value is -4.20. The van der Waals surface area contributed by atoms with Crippen molar-refractivity contribution in [3.63, 3.8) is 0 Å². The molecule has 266 valence electrons. The number of carbonyl (C=O) groups excluding carboxylic acids is 4. The Morgan fingerprint density at radius 1 is 0.918 bits per heavy atom. The molecule has 1 heterocycles. The van der Waals surface area contributed by atoms with Crippen LogP contribution >= 0.6 is 11.3 Å². The summed E-state index contributed by atoms with van der Waals surface area (Å²) in [6, 6.07) is 5.86. The van der Waals surface area contributed by atoms with Gasteiger partial charge in [-0.05, 0) is 44.0 Å². The summed E-state index contributed by atoms with van der Waals surface area (Å²) in [4.78, 5) is 56.6. The number of Topliss-reactive ketones (excluding diaryl/α,β-unsaturated/α-hetero) is 1. The number of nitrogens with one attached hydrogen (secondary N) is 3. The van der Waals surface area contributed by atoms with Gasteiger partial charge in [0.25, 0.3) is 16.0 Å². The number of nitrogens with zero attached hydrogens (tertiary/aromatic N) is 1. The lowest BCUT2D eigenvalue weighted by Gasteiger charge is -2.29. The maximum absolute atomic E-state index is 13.7. The van der Waals surface area contributed by atoms with E-state index in [-0.39, 0.29) is 24.5 Å². The van der Waals surface area contributed by atoms with Gasteiger partial charge in [0.15, 0.2) is 17.4 Å². The minimum absolute atomic E-state index is 0.179. The number of ether oxygens (including phenoxy) is 2. The third-order valence-electron chi connectivity index (χ3n) is 6.89. The minimum atomic E-state index is -4.76. The van der Waals surface area contributed by atoms with Gasteiger partial charge in [0.05, 0.1) is 35.4 Å². The number of aromatic nitrogens is 1. The van der Waals surface area contributed by atoms with Gasteiger partial charge in [0, 0.05) is 14.2 Å². The van der Waals surface area contributed by atoms with Gasteiger partial charge in [-0.25, -0.2) is 13.8 Å². The van der Waals surface area contributed by atoms with Crippen LogP contribution in [-0.4, -0.2) is 99.8 Å². The predicted octanol–water partition coefficient (Wildman–Crippen LogP) is 1.06. The predicted molar refractivity (Wildman–Crippen MR) is 171 cm³/mol. The molecule has 0 aliphatic heterocycles. The highest BCUT2D eigenvalue weighted by Crippen LogP contribution is 2.20. The summed E-state index contributed by atoms with van der Waals surface area (Å²) in [5.41, 5.74) is -2.00. The molecule has 2 unspecified atom stereocenters. The summed E-state index contributed by atoms with van der Waals surface area (Å²) in [5, 5.41) is 19.2. The summed E-state index contributed by atoms with van der Waals surface area (Å²) in [5.74, 6) is -6.16. The molecule has 3 aromatic rings. The van der Waals surface area contributed by atoms with Crippen molar-refractivity contribution in [1.29, 1.82) is 0 Å². The second kappa shape index (κ2) is 17.5. The van der Waals surface area contributed by atoms with Gasteiger partial charge in [-0.3, -0.25) is 23.4 Å². The quantitative estimate of drug-likeness (QED) is 0.137. The van der Waals surface area contributed by atoms with Crippen molar-refractivity contribution in [2.45, 2.75) is 48.9 Å². The Bertz CT molecular complexity index is 1740. The SMILES string of the molecule is COC[C@H](NC(=O)c1cnc(C)s1)C(=O)N[C@@H](COC)C(=O)NC(Cc1ccccc1)C(=O)C(C)(O)COS(=O)(=O)c1ccc(F)c(F)c1. The highest BCUT2D eigenvalue weighted by Gasteiger charge is 2.40. The fourth-order valence-electron chi connectivity index (χ4n) is 4.34. The molecule has 0 spiro atoms. The fourth-order valence-corrected chi connectivity index (χ4v) is 6.02. The zero-order valence-corrected chi connectivity index (χ0v) is 28.5. The Balaban J connectivity index is 1.79. The lowest BCUT2D eigenvalue weighted by Crippen LogP contribution is -2.60. The largest absolute Gasteiger partial charge is 0.382 e. The van der Waals surface area contributed by atoms with Crippen LogP contribution in [0.1, 0.15) is 27.2 Å². The lowest BCUT2D eigenvalue weighted by atomic mass is 9.91. The van der Waals surface area contributed by atoms with Crippen molar-refractivity contribution in [1.82, 2.24) is 20.9 Å². The van der Waals surface area contributed by atoms with E-state index in [0.29, 0.717) is 22.7 Å². The number of aliphatic hydroxyl groups is 1. The lowest BCUT2D eigenvalue weighted by molar-refractivity contribution is -0.143. The number of aryl methyl sites for hydroxylation is 1. The van der Waals surface area contributed by atoms with Crippen molar-refractivity contribution in [2.75, 3.05) is 34.0 Å². The summed E-state index contributed by atoms with van der Waals surface area (Å²) in [6.07, 6.45) is 1.17. The maximum atomic E-state index is 13.7. The Morgan fingerprint density at radius 2 is 1.51 bits per heavy atom. The number of ketones is 1. The maximum Gasteiger partial charge on any atom is 0.297 e. The van der Waals surface area contributed by atoms with Gasteiger partial charge in [0.1, 0.15) is 29.2 Å². The molecule has 49 heavy (non-hydrogen) atoms. The van der Waals surface area contributed by atoms with Gasteiger partial charge in [-0.2, -0.15) is 8.42 Å². The van der Waals surface area contributed by atoms with E-state index in [9.17, 15) is 41.5 Å². The summed E-state index contributed by atoms with van der Waals surface area (Å²) < 4.78 is 67.2. The third-order valence-corrected chi connectivity index (χ3v) is 9.06. The first-order valence-corrected chi connectivity index (χ1v) is 16.8. The minimum Gasteiger partial charge on any atom is -0.382 e. The number of rotatable bonds is 18. The van der Waals surface area contributed by atoms with Crippen molar-refractivity contribution in [3.8, 4) is 0 Å². The van der Waals surface area contributed by atoms with Crippen LogP contribution in [0, 0.1) is 18.6 Å². The number of hydrogen-bond donors (Lipinski definition) is 4. The van der Waals surface area contributed by atoms with Crippen LogP contribution in [0.15, 0.2) is 59.6 Å². The number of hydrogen-bond acceptors (Lipinski definition) is 12. The molecule has 0 radical (unpaired) electrons. The normalized spacial score (nSPS) is 14.6. The molecule has 4 N–H and O–H groups in total. The van der Waals surface area contributed by atoms with Crippen molar-refractivity contribution in [2.24, 2.45) is 0 Å². The summed E-state index contributed by atoms with van der Waals surface area (Å²) in [7, 11) is -2.19. The molecular formula is C31H36F2N4O10S2. The van der Waals surface area contributed by atoms with Crippen LogP contribution in [0.3, 0.4) is 0 Å². The monoisotopic (exact) mass is 726 g/mol. The van der Waals surface area contributed by atoms with E-state index < -0.39 is 80.5 Å². The molecule has 0 bridgehead atoms. The second-order valence-electron chi connectivity index (χ2n) is 10.9. The molecule has 3 amide bonds. The van der Waals surface area contributed by atoms with Gasteiger partial charge >= 0.3 is 0 Å². The van der Waals surface area contributed by atoms with E-state index in [2.05, 4.69) is 20.9 Å². The number of amides is 3. The Labute approximate surface area is 285 Å². The number of thiazole rings is 1. The first-order chi connectivity index (χ1) is 23.1. The molecule has 18 heteroatoms. The first-order valence-electron chi connectivity index (χ1n) is 14.5. The highest BCUT2D eigenvalue weighted by molar-refractivity contribution is 7.86. The van der Waals surface area contributed by atoms with Gasteiger partial charge in [-0.15, -0.1) is 11.3 Å². The topological polar surface area (TPSA) is 199 Å². The van der Waals surface area contributed by atoms with E-state index >= 15 is 0 Å². The van der Waals surface area contributed by atoms with Gasteiger partial charge in [0.2, 0.25) is 11.8 Å². The second-order valence-corrected chi connectivity index (χ2v) is 13.8. The average Bonchev–Trinajstić information content (AvgIpc) is 3.50. The van der Waals surface area contributed by atoms with Gasteiger partial charge < -0.3 is 30.5 Å². The van der Waals surface area contributed by atoms with E-state index in [4.69, 9.17) is 13.7 Å². The van der Waals surface area contributed by atoms with E-state index in [1.807, 2.05) is 0 Å². The number of carbonyl (C=O) groups is 4. The molecule has 0 aliphatic rings. The van der Waals surface area contributed by atoms with Crippen LogP contribution < -0.4 is 16.0 Å². The van der Waals surface area contributed by atoms with E-state index in [1.165, 1.54) is 20.4 Å². The van der Waals surface area contributed by atoms with Crippen molar-refractivity contribution < 1.29 is 55.1 Å². The van der Waals surface area contributed by atoms with E-state index in [0.717, 1.165) is 24.3 Å². The molecular weight excluding hydrogens is 690 g/mol. The molecule has 0 saturated carbocycles. The number of halogens is 2. The molecule has 0 saturated heterocycles. The molecule has 4 atom stereocenters. The zero-order valence-electron chi connectivity index (χ0n) is 26.9. The molecule has 1 aromatic heterocycles. The molecule has 2 aromatic carbocycles. The average molecular weight is 727 g/mol. The Kier molecular flexibility index (Phi) is 14.0. The molecule has 3 rings (SSSR count). The number of benzene rings is 2. The first kappa shape index (κ1) is 39.2. The van der Waals surface area contributed by atoms with Crippen LogP contribution in [0.4, 0.5) is 8.78 Å². The van der Waals surface area contributed by atoms with E-state index in [1.54, 1.807) is 37.3 Å². The van der Waals surface area contributed by atoms with Crippen molar-refractivity contribution in [3.05, 3.63) is 81.8 Å². The fraction of sp³-hybridized carbons (Fsp3) is 0.387. The van der Waals surface area contributed by atoms with Crippen molar-refractivity contribution >= 4 is 45.0 Å². The highest BCUT2D eigenvalue weighted by atomic mass is 32.2. The third kappa shape index (κ3) is 11.2. The zero-order chi connectivity index (χ0) is 36.4. The van der Waals surface area contributed by atoms with Gasteiger partial charge in [-0.1, -0.05) is 30.3 Å². The molecule has 14 nitrogen and oxygen atoms in total. The smallest absolute Gasteiger partial charge is 0.297 e. The summed E-state index contributed by atoms with van der Waals surface area (Å²) >= 11 is 1.11. The van der Waals surface area contributed by atoms with Crippen LogP contribution in [-0.2, 0) is 44.6 Å². The van der Waals surface area contributed by atoms with Crippen LogP contribution in [0.25, 0.3) is 0 Å². The molecule has 0 aliphatic carbocycles. The number of methoxy groups -OCH3 is 2. The molecule has 0 fully saturated rings. The standard InChI is InChI=1S/C31H36F2N4O10S2/c1-18-34-14-26(48-18)30(41)37-25(16-46-4)29(40)36-24(15-45-3)28(39)35-23(12-19-8-6-5-7-9-19)27(38)31(2,42)17-47-49(43,44)20-10-11-21(32)22(33)13-20/h5-11,13-14,23-25,42H,12,15-17H2,1-4H3,(H,35,39)(H,36,40)(H,37,41)/t23?,24-,25-,31?/m0/s1. The van der Waals surface area contributed by atoms with Crippen LogP contribution in [0.2, 0.25) is 0 Å². The van der Waals surface area contributed by atoms with Crippen LogP contribution in [0.5, 0.6) is 0 Å².